The lowest BCUT2D eigenvalue weighted by molar-refractivity contribution is -0.162. The molecule has 10 nitrogen and oxygen atoms in total. The van der Waals surface area contributed by atoms with E-state index in [0.717, 1.165) is 4.90 Å². The third-order valence-electron chi connectivity index (χ3n) is 5.52. The number of likely N-dealkylation sites (tertiary alicyclic amines) is 1. The van der Waals surface area contributed by atoms with Gasteiger partial charge >= 0.3 is 12.1 Å². The zero-order valence-electron chi connectivity index (χ0n) is 22.4. The lowest BCUT2D eigenvalue weighted by atomic mass is 9.99. The second-order valence-corrected chi connectivity index (χ2v) is 13.8. The molecule has 0 radical (unpaired) electrons. The summed E-state index contributed by atoms with van der Waals surface area (Å²) in [5, 5.41) is 1.29. The Morgan fingerprint density at radius 1 is 1.10 bits per heavy atom. The monoisotopic (exact) mass is 576 g/mol. The van der Waals surface area contributed by atoms with Gasteiger partial charge in [0.1, 0.15) is 29.4 Å². The number of esters is 1. The molecule has 0 aliphatic carbocycles. The van der Waals surface area contributed by atoms with E-state index < -0.39 is 49.9 Å². The van der Waals surface area contributed by atoms with Crippen LogP contribution in [0.1, 0.15) is 33.3 Å². The number of hydrogen-bond acceptors (Lipinski definition) is 9. The molecule has 1 aliphatic heterocycles. The van der Waals surface area contributed by atoms with Gasteiger partial charge < -0.3 is 24.4 Å². The normalized spacial score (nSPS) is 18.0. The highest BCUT2D eigenvalue weighted by molar-refractivity contribution is 8.72. The molecule has 2 aromatic rings. The van der Waals surface area contributed by atoms with E-state index in [9.17, 15) is 22.8 Å². The fourth-order valence-electron chi connectivity index (χ4n) is 3.71. The first-order valence-corrected chi connectivity index (χ1v) is 14.9. The third kappa shape index (κ3) is 7.54. The number of alkyl carbamates (subject to hydrolysis) is 1. The van der Waals surface area contributed by atoms with Crippen LogP contribution in [-0.2, 0) is 34.5 Å². The van der Waals surface area contributed by atoms with Gasteiger partial charge in [0.2, 0.25) is 14.8 Å². The van der Waals surface area contributed by atoms with Gasteiger partial charge in [-0.1, -0.05) is 36.9 Å². The predicted octanol–water partition coefficient (Wildman–Crippen LogP) is 3.87. The van der Waals surface area contributed by atoms with Gasteiger partial charge in [-0.3, -0.25) is 4.79 Å². The van der Waals surface area contributed by atoms with E-state index in [2.05, 4.69) is 11.9 Å². The van der Waals surface area contributed by atoms with Crippen LogP contribution in [0.15, 0.2) is 71.6 Å². The molecule has 1 fully saturated rings. The maximum Gasteiger partial charge on any atom is 0.408 e. The predicted molar refractivity (Wildman–Crippen MR) is 146 cm³/mol. The van der Waals surface area contributed by atoms with Gasteiger partial charge in [0, 0.05) is 10.8 Å². The van der Waals surface area contributed by atoms with Crippen molar-refractivity contribution in [1.82, 2.24) is 10.2 Å². The van der Waals surface area contributed by atoms with Gasteiger partial charge in [-0.25, -0.2) is 18.0 Å². The van der Waals surface area contributed by atoms with Crippen molar-refractivity contribution < 1.29 is 37.0 Å². The van der Waals surface area contributed by atoms with Gasteiger partial charge in [0.25, 0.3) is 0 Å². The minimum absolute atomic E-state index is 0.0132. The maximum absolute atomic E-state index is 13.3. The highest BCUT2D eigenvalue weighted by Gasteiger charge is 2.56. The molecule has 0 aromatic heterocycles. The average molecular weight is 577 g/mol. The van der Waals surface area contributed by atoms with Crippen LogP contribution in [0.3, 0.4) is 0 Å². The van der Waals surface area contributed by atoms with Crippen LogP contribution < -0.4 is 10.1 Å². The quantitative estimate of drug-likeness (QED) is 0.194. The first kappa shape index (κ1) is 30.0. The van der Waals surface area contributed by atoms with Gasteiger partial charge in [-0.2, -0.15) is 0 Å². The van der Waals surface area contributed by atoms with Crippen LogP contribution in [0.2, 0.25) is 0 Å². The molecule has 1 saturated heterocycles. The smallest absolute Gasteiger partial charge is 0.408 e. The molecular formula is C27H32N2O8S2. The van der Waals surface area contributed by atoms with Crippen LogP contribution in [-0.4, -0.2) is 61.5 Å². The highest BCUT2D eigenvalue weighted by Crippen LogP contribution is 2.40. The summed E-state index contributed by atoms with van der Waals surface area (Å²) in [4.78, 5) is 40.0. The number of amides is 2. The number of hydrogen-bond donors (Lipinski definition) is 1. The first-order chi connectivity index (χ1) is 18.2. The van der Waals surface area contributed by atoms with Crippen molar-refractivity contribution in [2.24, 2.45) is 0 Å². The Hall–Kier alpha value is -3.51. The number of nitrogens with one attached hydrogen (secondary N) is 1. The number of β-lactam (4-membered cyclic amide) rings is 1. The SMILES string of the molecule is C=C(C)C(C(=O)OCc1ccc(OC)cc1)N1C(=O)C(NC(=O)OC(C)(C)C)C1SS(=O)(=O)c1ccccc1. The molecule has 1 N–H and O–H groups in total. The summed E-state index contributed by atoms with van der Waals surface area (Å²) < 4.78 is 42.3. The minimum Gasteiger partial charge on any atom is -0.497 e. The molecule has 3 unspecified atom stereocenters. The van der Waals surface area contributed by atoms with Crippen molar-refractivity contribution in [3.63, 3.8) is 0 Å². The van der Waals surface area contributed by atoms with Gasteiger partial charge in [0.05, 0.1) is 12.0 Å². The van der Waals surface area contributed by atoms with Crippen molar-refractivity contribution in [2.45, 2.75) is 62.3 Å². The number of methoxy groups -OCH3 is 1. The van der Waals surface area contributed by atoms with Crippen LogP contribution in [0, 0.1) is 0 Å². The molecule has 2 amide bonds. The molecule has 0 saturated carbocycles. The molecule has 1 heterocycles. The summed E-state index contributed by atoms with van der Waals surface area (Å²) in [5.74, 6) is -0.819. The van der Waals surface area contributed by atoms with E-state index in [1.807, 2.05) is 0 Å². The van der Waals surface area contributed by atoms with Crippen molar-refractivity contribution >= 4 is 37.6 Å². The summed E-state index contributed by atoms with van der Waals surface area (Å²) in [6.45, 7) is 10.2. The molecule has 3 rings (SSSR count). The van der Waals surface area contributed by atoms with Crippen molar-refractivity contribution in [2.75, 3.05) is 7.11 Å². The lowest BCUT2D eigenvalue weighted by Crippen LogP contribution is -2.73. The summed E-state index contributed by atoms with van der Waals surface area (Å²) >= 11 is 0. The first-order valence-electron chi connectivity index (χ1n) is 12.0. The maximum atomic E-state index is 13.3. The fourth-order valence-corrected chi connectivity index (χ4v) is 7.24. The van der Waals surface area contributed by atoms with Gasteiger partial charge in [-0.15, -0.1) is 0 Å². The Morgan fingerprint density at radius 2 is 1.72 bits per heavy atom. The number of carbonyl (C=O) groups excluding carboxylic acids is 3. The Morgan fingerprint density at radius 3 is 2.26 bits per heavy atom. The standard InChI is InChI=1S/C27H32N2O8S2/c1-17(2)22(25(31)36-16-18-12-14-19(35-6)15-13-18)29-23(30)21(28-26(32)37-27(3,4)5)24(29)38-39(33,34)20-10-8-7-9-11-20/h7-15,21-22,24H,1,16H2,2-6H3,(H,28,32). The van der Waals surface area contributed by atoms with E-state index in [-0.39, 0.29) is 17.1 Å². The molecule has 210 valence electrons. The van der Waals surface area contributed by atoms with E-state index in [4.69, 9.17) is 14.2 Å². The fraction of sp³-hybridized carbons (Fsp3) is 0.370. The van der Waals surface area contributed by atoms with Crippen LogP contribution in [0.4, 0.5) is 4.79 Å². The topological polar surface area (TPSA) is 128 Å². The van der Waals surface area contributed by atoms with Gasteiger partial charge in [0.15, 0.2) is 6.04 Å². The molecule has 2 aromatic carbocycles. The van der Waals surface area contributed by atoms with E-state index in [1.165, 1.54) is 26.2 Å². The third-order valence-corrected chi connectivity index (χ3v) is 9.25. The summed E-state index contributed by atoms with van der Waals surface area (Å²) in [5.41, 5.74) is 0.101. The molecule has 1 aliphatic rings. The average Bonchev–Trinajstić information content (AvgIpc) is 2.87. The van der Waals surface area contributed by atoms with E-state index in [0.29, 0.717) is 22.1 Å². The summed E-state index contributed by atoms with van der Waals surface area (Å²) in [6.07, 6.45) is -0.892. The molecular weight excluding hydrogens is 544 g/mol. The number of benzene rings is 2. The zero-order chi connectivity index (χ0) is 29.0. The summed E-state index contributed by atoms with van der Waals surface area (Å²) in [6, 6.07) is 12.0. The van der Waals surface area contributed by atoms with Crippen LogP contribution in [0.5, 0.6) is 5.75 Å². The van der Waals surface area contributed by atoms with Crippen molar-refractivity contribution in [3.8, 4) is 5.75 Å². The molecule has 0 bridgehead atoms. The highest BCUT2D eigenvalue weighted by atomic mass is 33.1. The second kappa shape index (κ2) is 12.1. The lowest BCUT2D eigenvalue weighted by Gasteiger charge is -2.49. The molecule has 0 spiro atoms. The van der Waals surface area contributed by atoms with E-state index >= 15 is 0 Å². The number of nitrogens with zero attached hydrogens (tertiary/aromatic N) is 1. The Balaban J connectivity index is 1.86. The van der Waals surface area contributed by atoms with Crippen molar-refractivity contribution in [1.29, 1.82) is 0 Å². The van der Waals surface area contributed by atoms with Crippen molar-refractivity contribution in [3.05, 3.63) is 72.3 Å². The number of carbonyl (C=O) groups is 3. The summed E-state index contributed by atoms with van der Waals surface area (Å²) in [7, 11) is -2.01. The Bertz CT molecular complexity index is 1320. The molecule has 12 heteroatoms. The van der Waals surface area contributed by atoms with Gasteiger partial charge in [-0.05, 0) is 63.1 Å². The Labute approximate surface area is 232 Å². The van der Waals surface area contributed by atoms with Crippen LogP contribution in [0.25, 0.3) is 0 Å². The largest absolute Gasteiger partial charge is 0.497 e. The second-order valence-electron chi connectivity index (χ2n) is 9.83. The van der Waals surface area contributed by atoms with Crippen LogP contribution >= 0.6 is 10.8 Å². The van der Waals surface area contributed by atoms with E-state index in [1.54, 1.807) is 63.2 Å². The minimum atomic E-state index is -3.99. The molecule has 3 atom stereocenters. The Kier molecular flexibility index (Phi) is 9.34. The number of rotatable bonds is 10. The molecule has 39 heavy (non-hydrogen) atoms. The zero-order valence-corrected chi connectivity index (χ0v) is 24.0. The number of ether oxygens (including phenoxy) is 3.